The second-order valence-electron chi connectivity index (χ2n) is 8.40. The van der Waals surface area contributed by atoms with Crippen LogP contribution in [0.15, 0.2) is 41.6 Å². The van der Waals surface area contributed by atoms with E-state index in [1.54, 1.807) is 37.4 Å². The van der Waals surface area contributed by atoms with Crippen LogP contribution in [0.5, 0.6) is 17.2 Å². The molecule has 0 amide bonds. The van der Waals surface area contributed by atoms with Gasteiger partial charge in [0.05, 0.1) is 24.1 Å². The van der Waals surface area contributed by atoms with Gasteiger partial charge in [0, 0.05) is 6.07 Å². The molecule has 0 spiro atoms. The zero-order valence-electron chi connectivity index (χ0n) is 19.5. The lowest BCUT2D eigenvalue weighted by molar-refractivity contribution is 0.408. The second kappa shape index (κ2) is 9.80. The summed E-state index contributed by atoms with van der Waals surface area (Å²) in [5, 5.41) is 28.8. The van der Waals surface area contributed by atoms with Crippen molar-refractivity contribution in [1.29, 1.82) is 0 Å². The van der Waals surface area contributed by atoms with Crippen LogP contribution in [0.1, 0.15) is 31.7 Å². The summed E-state index contributed by atoms with van der Waals surface area (Å²) >= 11 is 0. The van der Waals surface area contributed by atoms with Crippen molar-refractivity contribution in [3.8, 4) is 34.3 Å². The van der Waals surface area contributed by atoms with Crippen molar-refractivity contribution in [3.05, 3.63) is 42.0 Å². The lowest BCUT2D eigenvalue weighted by atomic mass is 9.98. The number of ether oxygens (including phenoxy) is 1. The molecule has 1 heterocycles. The summed E-state index contributed by atoms with van der Waals surface area (Å²) in [6.07, 6.45) is 0.433. The first-order valence-corrected chi connectivity index (χ1v) is 12.2. The van der Waals surface area contributed by atoms with Crippen molar-refractivity contribution >= 4 is 9.84 Å². The van der Waals surface area contributed by atoms with E-state index in [0.717, 1.165) is 0 Å². The SMILES string of the molecule is COc1ccc(-n2c(-c3cc(C(C)C)c(O)cc3O)nnc2S(=O)(=O)CCCN(C)C)cc1. The molecule has 9 nitrogen and oxygen atoms in total. The van der Waals surface area contributed by atoms with E-state index in [9.17, 15) is 18.6 Å². The lowest BCUT2D eigenvalue weighted by Gasteiger charge is -2.15. The maximum absolute atomic E-state index is 13.2. The van der Waals surface area contributed by atoms with E-state index in [1.165, 1.54) is 10.6 Å². The third-order valence-corrected chi connectivity index (χ3v) is 6.92. The molecule has 3 aromatic rings. The van der Waals surface area contributed by atoms with Crippen LogP contribution in [0.3, 0.4) is 0 Å². The number of phenols is 2. The largest absolute Gasteiger partial charge is 0.508 e. The van der Waals surface area contributed by atoms with Crippen LogP contribution in [-0.2, 0) is 9.84 Å². The summed E-state index contributed by atoms with van der Waals surface area (Å²) in [6, 6.07) is 9.66. The minimum atomic E-state index is -3.78. The van der Waals surface area contributed by atoms with Crippen LogP contribution >= 0.6 is 0 Å². The van der Waals surface area contributed by atoms with Gasteiger partial charge >= 0.3 is 0 Å². The predicted octanol–water partition coefficient (Wildman–Crippen LogP) is 3.20. The molecule has 0 aliphatic carbocycles. The van der Waals surface area contributed by atoms with Crippen LogP contribution in [0.2, 0.25) is 0 Å². The molecule has 0 saturated heterocycles. The van der Waals surface area contributed by atoms with Gasteiger partial charge in [-0.2, -0.15) is 0 Å². The predicted molar refractivity (Wildman–Crippen MR) is 126 cm³/mol. The Kier molecular flexibility index (Phi) is 7.28. The summed E-state index contributed by atoms with van der Waals surface area (Å²) in [5.74, 6) is 0.368. The molecule has 0 bridgehead atoms. The highest BCUT2D eigenvalue weighted by Crippen LogP contribution is 2.38. The number of benzene rings is 2. The molecule has 178 valence electrons. The van der Waals surface area contributed by atoms with Crippen LogP contribution in [0.25, 0.3) is 17.1 Å². The molecule has 0 aliphatic heterocycles. The first kappa shape index (κ1) is 24.5. The zero-order chi connectivity index (χ0) is 24.3. The van der Waals surface area contributed by atoms with E-state index in [0.29, 0.717) is 30.0 Å². The topological polar surface area (TPSA) is 118 Å². The van der Waals surface area contributed by atoms with Gasteiger partial charge in [0.1, 0.15) is 17.2 Å². The molecular formula is C23H30N4O5S. The van der Waals surface area contributed by atoms with Crippen molar-refractivity contribution < 1.29 is 23.4 Å². The number of rotatable bonds is 9. The minimum Gasteiger partial charge on any atom is -0.508 e. The smallest absolute Gasteiger partial charge is 0.254 e. The number of phenolic OH excluding ortho intramolecular Hbond substituents is 2. The molecule has 0 atom stereocenters. The van der Waals surface area contributed by atoms with E-state index >= 15 is 0 Å². The summed E-state index contributed by atoms with van der Waals surface area (Å²) in [5.41, 5.74) is 1.37. The zero-order valence-corrected chi connectivity index (χ0v) is 20.3. The van der Waals surface area contributed by atoms with E-state index in [-0.39, 0.29) is 39.7 Å². The molecule has 33 heavy (non-hydrogen) atoms. The van der Waals surface area contributed by atoms with Gasteiger partial charge in [-0.25, -0.2) is 8.42 Å². The number of aromatic hydroxyl groups is 2. The fourth-order valence-corrected chi connectivity index (χ4v) is 4.83. The van der Waals surface area contributed by atoms with Crippen LogP contribution < -0.4 is 4.74 Å². The molecule has 0 unspecified atom stereocenters. The van der Waals surface area contributed by atoms with Crippen LogP contribution in [0.4, 0.5) is 0 Å². The fraction of sp³-hybridized carbons (Fsp3) is 0.391. The Morgan fingerprint density at radius 2 is 1.73 bits per heavy atom. The molecule has 10 heteroatoms. The molecule has 0 saturated carbocycles. The second-order valence-corrected chi connectivity index (χ2v) is 10.4. The molecule has 2 N–H and O–H groups in total. The Bertz CT molecular complexity index is 1220. The number of hydrogen-bond donors (Lipinski definition) is 2. The van der Waals surface area contributed by atoms with E-state index in [2.05, 4.69) is 10.2 Å². The van der Waals surface area contributed by atoms with Crippen molar-refractivity contribution in [2.24, 2.45) is 0 Å². The average molecular weight is 475 g/mol. The number of aromatic nitrogens is 3. The highest BCUT2D eigenvalue weighted by molar-refractivity contribution is 7.91. The number of nitrogens with zero attached hydrogens (tertiary/aromatic N) is 4. The summed E-state index contributed by atoms with van der Waals surface area (Å²) in [7, 11) is 1.52. The Labute approximate surface area is 194 Å². The van der Waals surface area contributed by atoms with Crippen LogP contribution in [-0.4, -0.2) is 71.8 Å². The van der Waals surface area contributed by atoms with Crippen LogP contribution in [0, 0.1) is 0 Å². The van der Waals surface area contributed by atoms with Crippen molar-refractivity contribution in [2.75, 3.05) is 33.5 Å². The summed E-state index contributed by atoms with van der Waals surface area (Å²) in [6.45, 7) is 4.43. The molecule has 2 aromatic carbocycles. The highest BCUT2D eigenvalue weighted by atomic mass is 32.2. The van der Waals surface area contributed by atoms with Crippen molar-refractivity contribution in [2.45, 2.75) is 31.3 Å². The first-order chi connectivity index (χ1) is 15.5. The van der Waals surface area contributed by atoms with Gasteiger partial charge in [0.2, 0.25) is 9.84 Å². The maximum Gasteiger partial charge on any atom is 0.254 e. The molecular weight excluding hydrogens is 444 g/mol. The van der Waals surface area contributed by atoms with E-state index < -0.39 is 9.84 Å². The van der Waals surface area contributed by atoms with Gasteiger partial charge in [-0.15, -0.1) is 10.2 Å². The van der Waals surface area contributed by atoms with Crippen molar-refractivity contribution in [3.63, 3.8) is 0 Å². The molecule has 0 radical (unpaired) electrons. The van der Waals surface area contributed by atoms with E-state index in [1.807, 2.05) is 32.8 Å². The quantitative estimate of drug-likeness (QED) is 0.485. The third-order valence-electron chi connectivity index (χ3n) is 5.27. The van der Waals surface area contributed by atoms with E-state index in [4.69, 9.17) is 4.74 Å². The van der Waals surface area contributed by atoms with Gasteiger partial charge in [0.25, 0.3) is 5.16 Å². The summed E-state index contributed by atoms with van der Waals surface area (Å²) < 4.78 is 33.1. The van der Waals surface area contributed by atoms with Gasteiger partial charge in [0.15, 0.2) is 5.82 Å². The molecule has 0 fully saturated rings. The fourth-order valence-electron chi connectivity index (χ4n) is 3.51. The highest BCUT2D eigenvalue weighted by Gasteiger charge is 2.28. The molecule has 3 rings (SSSR count). The first-order valence-electron chi connectivity index (χ1n) is 10.6. The average Bonchev–Trinajstić information content (AvgIpc) is 3.19. The Morgan fingerprint density at radius 3 is 2.30 bits per heavy atom. The lowest BCUT2D eigenvalue weighted by Crippen LogP contribution is -2.19. The third kappa shape index (κ3) is 5.28. The minimum absolute atomic E-state index is 0.0315. The number of methoxy groups -OCH3 is 1. The standard InChI is InChI=1S/C23H30N4O5S/c1-15(2)18-13-19(21(29)14-20(18)28)22-24-25-23(33(30,31)12-6-11-26(3)4)27(22)16-7-9-17(32-5)10-8-16/h7-10,13-15,28-29H,6,11-12H2,1-5H3. The number of hydrogen-bond acceptors (Lipinski definition) is 8. The van der Waals surface area contributed by atoms with Gasteiger partial charge in [-0.1, -0.05) is 13.8 Å². The Hall–Kier alpha value is -3.11. The molecule has 1 aromatic heterocycles. The Balaban J connectivity index is 2.21. The number of sulfone groups is 1. The monoisotopic (exact) mass is 474 g/mol. The normalized spacial score (nSPS) is 12.0. The maximum atomic E-state index is 13.2. The van der Waals surface area contributed by atoms with Gasteiger partial charge in [-0.3, -0.25) is 4.57 Å². The van der Waals surface area contributed by atoms with Gasteiger partial charge < -0.3 is 19.8 Å². The van der Waals surface area contributed by atoms with Gasteiger partial charge in [-0.05, 0) is 68.9 Å². The molecule has 0 aliphatic rings. The van der Waals surface area contributed by atoms with Crippen molar-refractivity contribution in [1.82, 2.24) is 19.7 Å². The summed E-state index contributed by atoms with van der Waals surface area (Å²) in [4.78, 5) is 1.91. The Morgan fingerprint density at radius 1 is 1.06 bits per heavy atom.